The van der Waals surface area contributed by atoms with Gasteiger partial charge in [0.1, 0.15) is 0 Å². The maximum atomic E-state index is 11.6. The van der Waals surface area contributed by atoms with Gasteiger partial charge >= 0.3 is 0 Å². The third kappa shape index (κ3) is 2.59. The van der Waals surface area contributed by atoms with Gasteiger partial charge in [-0.1, -0.05) is 0 Å². The fraction of sp³-hybridized carbons (Fsp3) is 0.444. The molecule has 1 heterocycles. The Balaban J connectivity index is 2.74. The van der Waals surface area contributed by atoms with Crippen LogP contribution in [0.15, 0.2) is 15.2 Å². The molecule has 1 rings (SSSR count). The average Bonchev–Trinajstić information content (AvgIpc) is 2.45. The molecule has 0 bridgehead atoms. The molecule has 0 aliphatic carbocycles. The Morgan fingerprint density at radius 2 is 2.43 bits per heavy atom. The molecule has 0 unspecified atom stereocenters. The van der Waals surface area contributed by atoms with Crippen molar-refractivity contribution in [3.8, 4) is 0 Å². The third-order valence-corrected chi connectivity index (χ3v) is 2.22. The smallest absolute Gasteiger partial charge is 0.287 e. The summed E-state index contributed by atoms with van der Waals surface area (Å²) >= 11 is 3.16. The number of hydrogen-bond donors (Lipinski definition) is 2. The number of carbonyl (C=O) groups excluding carboxylic acids is 1. The van der Waals surface area contributed by atoms with Crippen LogP contribution in [0.25, 0.3) is 0 Å². The number of carbonyl (C=O) groups is 1. The number of rotatable bonds is 3. The van der Waals surface area contributed by atoms with E-state index in [9.17, 15) is 4.79 Å². The molecule has 0 saturated heterocycles. The number of halogens is 1. The maximum Gasteiger partial charge on any atom is 0.287 e. The quantitative estimate of drug-likeness (QED) is 0.864. The zero-order valence-corrected chi connectivity index (χ0v) is 9.72. The highest BCUT2D eigenvalue weighted by Crippen LogP contribution is 2.19. The average molecular weight is 261 g/mol. The van der Waals surface area contributed by atoms with Gasteiger partial charge in [0.25, 0.3) is 5.91 Å². The summed E-state index contributed by atoms with van der Waals surface area (Å²) in [7, 11) is 0. The molecule has 3 N–H and O–H groups in total. The molecular weight excluding hydrogens is 248 g/mol. The van der Waals surface area contributed by atoms with E-state index in [1.165, 1.54) is 0 Å². The molecule has 0 fully saturated rings. The molecule has 0 aliphatic heterocycles. The molecule has 0 saturated carbocycles. The summed E-state index contributed by atoms with van der Waals surface area (Å²) in [6.07, 6.45) is 0. The molecule has 5 heteroatoms. The molecule has 0 radical (unpaired) electrons. The molecule has 0 aliphatic rings. The Morgan fingerprint density at radius 3 is 2.86 bits per heavy atom. The van der Waals surface area contributed by atoms with E-state index in [1.54, 1.807) is 6.07 Å². The van der Waals surface area contributed by atoms with Crippen molar-refractivity contribution in [1.82, 2.24) is 5.32 Å². The second kappa shape index (κ2) is 4.61. The Hall–Kier alpha value is -0.810. The molecule has 14 heavy (non-hydrogen) atoms. The third-order valence-electron chi connectivity index (χ3n) is 1.82. The predicted molar refractivity (Wildman–Crippen MR) is 57.1 cm³/mol. The van der Waals surface area contributed by atoms with Crippen molar-refractivity contribution in [2.75, 3.05) is 6.54 Å². The Labute approximate surface area is 91.0 Å². The van der Waals surface area contributed by atoms with Crippen molar-refractivity contribution in [3.63, 3.8) is 0 Å². The van der Waals surface area contributed by atoms with E-state index in [4.69, 9.17) is 10.2 Å². The lowest BCUT2D eigenvalue weighted by Crippen LogP contribution is -2.37. The summed E-state index contributed by atoms with van der Waals surface area (Å²) in [4.78, 5) is 11.6. The molecular formula is C9H13BrN2O2. The van der Waals surface area contributed by atoms with Gasteiger partial charge in [-0.25, -0.2) is 0 Å². The van der Waals surface area contributed by atoms with Crippen LogP contribution < -0.4 is 11.1 Å². The first-order valence-electron chi connectivity index (χ1n) is 4.31. The van der Waals surface area contributed by atoms with Gasteiger partial charge in [-0.15, -0.1) is 0 Å². The van der Waals surface area contributed by atoms with E-state index in [0.29, 0.717) is 17.0 Å². The van der Waals surface area contributed by atoms with Gasteiger partial charge in [0.05, 0.1) is 0 Å². The normalized spacial score (nSPS) is 12.6. The second-order valence-corrected chi connectivity index (χ2v) is 3.95. The van der Waals surface area contributed by atoms with Crippen molar-refractivity contribution >= 4 is 21.8 Å². The topological polar surface area (TPSA) is 68.3 Å². The minimum Gasteiger partial charge on any atom is -0.444 e. The zero-order valence-electron chi connectivity index (χ0n) is 8.13. The van der Waals surface area contributed by atoms with Crippen LogP contribution in [0.4, 0.5) is 0 Å². The van der Waals surface area contributed by atoms with Crippen LogP contribution in [-0.2, 0) is 0 Å². The highest BCUT2D eigenvalue weighted by Gasteiger charge is 2.15. The lowest BCUT2D eigenvalue weighted by atomic mass is 10.2. The van der Waals surface area contributed by atoms with E-state index < -0.39 is 0 Å². The first-order chi connectivity index (χ1) is 6.54. The van der Waals surface area contributed by atoms with Crippen molar-refractivity contribution in [2.24, 2.45) is 5.73 Å². The van der Waals surface area contributed by atoms with Crippen LogP contribution >= 0.6 is 15.9 Å². The standard InChI is InChI=1S/C9H13BrN2O2/c1-5-3-7(10)14-8(5)9(13)12-6(2)4-11/h3,6H,4,11H2,1-2H3,(H,12,13)/t6-/m0/s1. The van der Waals surface area contributed by atoms with Gasteiger partial charge in [-0.2, -0.15) is 0 Å². The molecule has 4 nitrogen and oxygen atoms in total. The second-order valence-electron chi connectivity index (χ2n) is 3.17. The van der Waals surface area contributed by atoms with E-state index in [1.807, 2.05) is 13.8 Å². The zero-order chi connectivity index (χ0) is 10.7. The minimum absolute atomic E-state index is 0.0502. The van der Waals surface area contributed by atoms with Gasteiger partial charge in [0.15, 0.2) is 10.4 Å². The highest BCUT2D eigenvalue weighted by molar-refractivity contribution is 9.10. The van der Waals surface area contributed by atoms with Gasteiger partial charge < -0.3 is 15.5 Å². The molecule has 78 valence electrons. The van der Waals surface area contributed by atoms with Crippen LogP contribution in [-0.4, -0.2) is 18.5 Å². The van der Waals surface area contributed by atoms with E-state index in [0.717, 1.165) is 5.56 Å². The van der Waals surface area contributed by atoms with Crippen LogP contribution in [0.5, 0.6) is 0 Å². The van der Waals surface area contributed by atoms with E-state index in [2.05, 4.69) is 21.2 Å². The number of nitrogens with one attached hydrogen (secondary N) is 1. The van der Waals surface area contributed by atoms with Gasteiger partial charge in [-0.3, -0.25) is 4.79 Å². The van der Waals surface area contributed by atoms with Crippen LogP contribution in [0.2, 0.25) is 0 Å². The van der Waals surface area contributed by atoms with Gasteiger partial charge in [0.2, 0.25) is 0 Å². The van der Waals surface area contributed by atoms with Crippen molar-refractivity contribution in [3.05, 3.63) is 22.1 Å². The lowest BCUT2D eigenvalue weighted by Gasteiger charge is -2.09. The molecule has 1 amide bonds. The SMILES string of the molecule is Cc1cc(Br)oc1C(=O)N[C@@H](C)CN. The van der Waals surface area contributed by atoms with Crippen LogP contribution in [0, 0.1) is 6.92 Å². The first-order valence-corrected chi connectivity index (χ1v) is 5.10. The Bertz CT molecular complexity index is 336. The molecule has 1 atom stereocenters. The van der Waals surface area contributed by atoms with Crippen molar-refractivity contribution < 1.29 is 9.21 Å². The maximum absolute atomic E-state index is 11.6. The number of furan rings is 1. The van der Waals surface area contributed by atoms with Crippen LogP contribution in [0.3, 0.4) is 0 Å². The van der Waals surface area contributed by atoms with Gasteiger partial charge in [0, 0.05) is 18.2 Å². The fourth-order valence-electron chi connectivity index (χ4n) is 1.02. The Morgan fingerprint density at radius 1 is 1.79 bits per heavy atom. The van der Waals surface area contributed by atoms with Gasteiger partial charge in [-0.05, 0) is 35.8 Å². The fourth-order valence-corrected chi connectivity index (χ4v) is 1.52. The number of amides is 1. The molecule has 1 aromatic heterocycles. The number of aryl methyl sites for hydroxylation is 1. The summed E-state index contributed by atoms with van der Waals surface area (Å²) in [5.74, 6) is 0.100. The summed E-state index contributed by atoms with van der Waals surface area (Å²) in [5.41, 5.74) is 6.19. The van der Waals surface area contributed by atoms with Crippen LogP contribution in [0.1, 0.15) is 23.0 Å². The molecule has 0 aromatic carbocycles. The summed E-state index contributed by atoms with van der Waals surface area (Å²) in [6.45, 7) is 4.06. The predicted octanol–water partition coefficient (Wildman–Crippen LogP) is 1.43. The number of nitrogens with two attached hydrogens (primary N) is 1. The molecule has 0 spiro atoms. The summed E-state index contributed by atoms with van der Waals surface area (Å²) in [5, 5.41) is 2.72. The minimum atomic E-state index is -0.230. The largest absolute Gasteiger partial charge is 0.444 e. The van der Waals surface area contributed by atoms with E-state index in [-0.39, 0.29) is 11.9 Å². The highest BCUT2D eigenvalue weighted by atomic mass is 79.9. The summed E-state index contributed by atoms with van der Waals surface area (Å²) in [6, 6.07) is 1.70. The molecule has 1 aromatic rings. The Kier molecular flexibility index (Phi) is 3.71. The number of hydrogen-bond acceptors (Lipinski definition) is 3. The lowest BCUT2D eigenvalue weighted by molar-refractivity contribution is 0.0911. The summed E-state index contributed by atoms with van der Waals surface area (Å²) < 4.78 is 5.74. The van der Waals surface area contributed by atoms with Crippen molar-refractivity contribution in [1.29, 1.82) is 0 Å². The first kappa shape index (κ1) is 11.3. The monoisotopic (exact) mass is 260 g/mol. The van der Waals surface area contributed by atoms with E-state index >= 15 is 0 Å². The van der Waals surface area contributed by atoms with Crippen molar-refractivity contribution in [2.45, 2.75) is 19.9 Å².